The SMILES string of the molecule is CCC(O)(CC)CNC(=O)C(c1ccccc1)N1CCCCC1=O. The quantitative estimate of drug-likeness (QED) is 0.805. The molecule has 1 fully saturated rings. The topological polar surface area (TPSA) is 69.6 Å². The Morgan fingerprint density at radius 2 is 1.92 bits per heavy atom. The van der Waals surface area contributed by atoms with Crippen molar-refractivity contribution in [2.45, 2.75) is 57.6 Å². The van der Waals surface area contributed by atoms with Crippen molar-refractivity contribution in [3.05, 3.63) is 35.9 Å². The zero-order valence-electron chi connectivity index (χ0n) is 14.6. The fourth-order valence-corrected chi connectivity index (χ4v) is 3.06. The molecular weight excluding hydrogens is 304 g/mol. The molecule has 24 heavy (non-hydrogen) atoms. The number of aliphatic hydroxyl groups is 1. The molecular formula is C19H28N2O3. The maximum Gasteiger partial charge on any atom is 0.247 e. The summed E-state index contributed by atoms with van der Waals surface area (Å²) >= 11 is 0. The second-order valence-corrected chi connectivity index (χ2v) is 6.51. The van der Waals surface area contributed by atoms with Crippen molar-refractivity contribution in [1.82, 2.24) is 10.2 Å². The minimum absolute atomic E-state index is 0.0199. The van der Waals surface area contributed by atoms with Crippen molar-refractivity contribution in [2.75, 3.05) is 13.1 Å². The van der Waals surface area contributed by atoms with E-state index in [1.165, 1.54) is 0 Å². The fraction of sp³-hybridized carbons (Fsp3) is 0.579. The van der Waals surface area contributed by atoms with Crippen LogP contribution in [0.25, 0.3) is 0 Å². The highest BCUT2D eigenvalue weighted by molar-refractivity contribution is 5.89. The summed E-state index contributed by atoms with van der Waals surface area (Å²) in [5.74, 6) is -0.205. The van der Waals surface area contributed by atoms with Crippen molar-refractivity contribution in [2.24, 2.45) is 0 Å². The van der Waals surface area contributed by atoms with Crippen LogP contribution in [0.1, 0.15) is 57.6 Å². The first kappa shape index (κ1) is 18.5. The Balaban J connectivity index is 2.19. The molecule has 0 aliphatic carbocycles. The molecule has 0 radical (unpaired) electrons. The number of amides is 2. The van der Waals surface area contributed by atoms with Crippen LogP contribution in [-0.2, 0) is 9.59 Å². The highest BCUT2D eigenvalue weighted by atomic mass is 16.3. The fourth-order valence-electron chi connectivity index (χ4n) is 3.06. The number of benzene rings is 1. The van der Waals surface area contributed by atoms with E-state index < -0.39 is 11.6 Å². The summed E-state index contributed by atoms with van der Waals surface area (Å²) in [6.07, 6.45) is 3.43. The Kier molecular flexibility index (Phi) is 6.37. The predicted octanol–water partition coefficient (Wildman–Crippen LogP) is 2.41. The number of piperidine rings is 1. The third kappa shape index (κ3) is 4.35. The Bertz CT molecular complexity index is 555. The molecule has 1 atom stereocenters. The molecule has 0 spiro atoms. The van der Waals surface area contributed by atoms with Crippen LogP contribution in [0.5, 0.6) is 0 Å². The number of likely N-dealkylation sites (tertiary alicyclic amines) is 1. The van der Waals surface area contributed by atoms with E-state index in [4.69, 9.17) is 0 Å². The summed E-state index contributed by atoms with van der Waals surface area (Å²) in [6.45, 7) is 4.60. The normalized spacial score (nSPS) is 16.8. The molecule has 2 rings (SSSR count). The first-order valence-corrected chi connectivity index (χ1v) is 8.85. The van der Waals surface area contributed by atoms with Crippen LogP contribution in [0.2, 0.25) is 0 Å². The predicted molar refractivity (Wildman–Crippen MR) is 93.3 cm³/mol. The van der Waals surface area contributed by atoms with Crippen molar-refractivity contribution < 1.29 is 14.7 Å². The van der Waals surface area contributed by atoms with E-state index in [0.29, 0.717) is 25.8 Å². The maximum absolute atomic E-state index is 12.9. The van der Waals surface area contributed by atoms with Crippen molar-refractivity contribution in [3.8, 4) is 0 Å². The molecule has 5 heteroatoms. The molecule has 1 aromatic carbocycles. The van der Waals surface area contributed by atoms with E-state index in [1.54, 1.807) is 4.90 Å². The molecule has 0 bridgehead atoms. The van der Waals surface area contributed by atoms with Crippen LogP contribution in [0.4, 0.5) is 0 Å². The van der Waals surface area contributed by atoms with Crippen molar-refractivity contribution in [3.63, 3.8) is 0 Å². The Labute approximate surface area is 144 Å². The zero-order chi connectivity index (χ0) is 17.6. The molecule has 1 aromatic rings. The molecule has 1 unspecified atom stereocenters. The lowest BCUT2D eigenvalue weighted by atomic mass is 9.96. The zero-order valence-corrected chi connectivity index (χ0v) is 14.6. The number of nitrogens with zero attached hydrogens (tertiary/aromatic N) is 1. The van der Waals surface area contributed by atoms with Crippen LogP contribution in [0.3, 0.4) is 0 Å². The van der Waals surface area contributed by atoms with Gasteiger partial charge in [-0.15, -0.1) is 0 Å². The lowest BCUT2D eigenvalue weighted by Crippen LogP contribution is -2.49. The standard InChI is InChI=1S/C19H28N2O3/c1-3-19(24,4-2)14-20-18(23)17(15-10-6-5-7-11-15)21-13-9-8-12-16(21)22/h5-7,10-11,17,24H,3-4,8-9,12-14H2,1-2H3,(H,20,23). The molecule has 1 heterocycles. The van der Waals surface area contributed by atoms with Crippen LogP contribution >= 0.6 is 0 Å². The average molecular weight is 332 g/mol. The molecule has 2 amide bonds. The van der Waals surface area contributed by atoms with Gasteiger partial charge in [0.2, 0.25) is 11.8 Å². The number of carbonyl (C=O) groups excluding carboxylic acids is 2. The summed E-state index contributed by atoms with van der Waals surface area (Å²) in [5, 5.41) is 13.3. The van der Waals surface area contributed by atoms with Gasteiger partial charge in [0.05, 0.1) is 5.60 Å². The van der Waals surface area contributed by atoms with Gasteiger partial charge in [0.1, 0.15) is 6.04 Å². The van der Waals surface area contributed by atoms with Gasteiger partial charge < -0.3 is 15.3 Å². The summed E-state index contributed by atoms with van der Waals surface area (Å²) in [5.41, 5.74) is -0.0928. The van der Waals surface area contributed by atoms with E-state index in [-0.39, 0.29) is 18.4 Å². The number of carbonyl (C=O) groups is 2. The second-order valence-electron chi connectivity index (χ2n) is 6.51. The van der Waals surface area contributed by atoms with Gasteiger partial charge in [-0.05, 0) is 31.2 Å². The highest BCUT2D eigenvalue weighted by Gasteiger charge is 2.33. The Morgan fingerprint density at radius 1 is 1.25 bits per heavy atom. The minimum Gasteiger partial charge on any atom is -0.388 e. The first-order valence-electron chi connectivity index (χ1n) is 8.85. The Morgan fingerprint density at radius 3 is 2.50 bits per heavy atom. The molecule has 1 saturated heterocycles. The van der Waals surface area contributed by atoms with Gasteiger partial charge in [-0.2, -0.15) is 0 Å². The van der Waals surface area contributed by atoms with Crippen LogP contribution < -0.4 is 5.32 Å². The van der Waals surface area contributed by atoms with Gasteiger partial charge in [-0.25, -0.2) is 0 Å². The minimum atomic E-state index is -0.900. The second kappa shape index (κ2) is 8.29. The van der Waals surface area contributed by atoms with Crippen LogP contribution in [-0.4, -0.2) is 40.5 Å². The van der Waals surface area contributed by atoms with E-state index >= 15 is 0 Å². The summed E-state index contributed by atoms with van der Waals surface area (Å²) in [7, 11) is 0. The average Bonchev–Trinajstić information content (AvgIpc) is 2.62. The summed E-state index contributed by atoms with van der Waals surface area (Å²) < 4.78 is 0. The molecule has 2 N–H and O–H groups in total. The molecule has 0 aromatic heterocycles. The van der Waals surface area contributed by atoms with Gasteiger partial charge >= 0.3 is 0 Å². The number of nitrogens with one attached hydrogen (secondary N) is 1. The van der Waals surface area contributed by atoms with E-state index in [1.807, 2.05) is 44.2 Å². The smallest absolute Gasteiger partial charge is 0.247 e. The molecule has 132 valence electrons. The molecule has 0 saturated carbocycles. The van der Waals surface area contributed by atoms with Gasteiger partial charge in [-0.1, -0.05) is 44.2 Å². The number of hydrogen-bond donors (Lipinski definition) is 2. The summed E-state index contributed by atoms with van der Waals surface area (Å²) in [4.78, 5) is 26.8. The highest BCUT2D eigenvalue weighted by Crippen LogP contribution is 2.26. The Hall–Kier alpha value is -1.88. The maximum atomic E-state index is 12.9. The van der Waals surface area contributed by atoms with E-state index in [0.717, 1.165) is 18.4 Å². The third-order valence-corrected chi connectivity index (χ3v) is 4.94. The molecule has 1 aliphatic rings. The monoisotopic (exact) mass is 332 g/mol. The van der Waals surface area contributed by atoms with Crippen LogP contribution in [0, 0.1) is 0 Å². The van der Waals surface area contributed by atoms with Gasteiger partial charge in [0.15, 0.2) is 0 Å². The lowest BCUT2D eigenvalue weighted by molar-refractivity contribution is -0.143. The van der Waals surface area contributed by atoms with Gasteiger partial charge in [0, 0.05) is 19.5 Å². The number of rotatable bonds is 7. The molecule has 5 nitrogen and oxygen atoms in total. The lowest BCUT2D eigenvalue weighted by Gasteiger charge is -2.35. The largest absolute Gasteiger partial charge is 0.388 e. The van der Waals surface area contributed by atoms with Crippen molar-refractivity contribution >= 4 is 11.8 Å². The third-order valence-electron chi connectivity index (χ3n) is 4.94. The van der Waals surface area contributed by atoms with Gasteiger partial charge in [0.25, 0.3) is 0 Å². The van der Waals surface area contributed by atoms with E-state index in [2.05, 4.69) is 5.32 Å². The van der Waals surface area contributed by atoms with Gasteiger partial charge in [-0.3, -0.25) is 9.59 Å². The number of hydrogen-bond acceptors (Lipinski definition) is 3. The van der Waals surface area contributed by atoms with E-state index in [9.17, 15) is 14.7 Å². The van der Waals surface area contributed by atoms with Crippen molar-refractivity contribution in [1.29, 1.82) is 0 Å². The summed E-state index contributed by atoms with van der Waals surface area (Å²) in [6, 6.07) is 8.76. The molecule has 1 aliphatic heterocycles. The first-order chi connectivity index (χ1) is 11.5. The van der Waals surface area contributed by atoms with Crippen LogP contribution in [0.15, 0.2) is 30.3 Å².